The monoisotopic (exact) mass is 378 g/mol. The van der Waals surface area contributed by atoms with Crippen LogP contribution in [0.25, 0.3) is 10.9 Å². The first-order valence-corrected chi connectivity index (χ1v) is 10.1. The van der Waals surface area contributed by atoms with Crippen molar-refractivity contribution in [3.8, 4) is 11.5 Å². The van der Waals surface area contributed by atoms with E-state index in [0.29, 0.717) is 6.04 Å². The molecule has 4 heteroatoms. The van der Waals surface area contributed by atoms with E-state index in [1.165, 1.54) is 52.5 Å². The Hall–Kier alpha value is -2.46. The molecule has 1 aromatic heterocycles. The number of rotatable bonds is 6. The van der Waals surface area contributed by atoms with Crippen LogP contribution in [-0.4, -0.2) is 25.3 Å². The predicted molar refractivity (Wildman–Crippen MR) is 115 cm³/mol. The van der Waals surface area contributed by atoms with Gasteiger partial charge in [-0.25, -0.2) is 0 Å². The Morgan fingerprint density at radius 2 is 1.89 bits per heavy atom. The Bertz CT molecular complexity index is 990. The molecule has 0 fully saturated rings. The maximum absolute atomic E-state index is 5.43. The zero-order valence-corrected chi connectivity index (χ0v) is 17.3. The van der Waals surface area contributed by atoms with Crippen LogP contribution in [0.1, 0.15) is 41.3 Å². The van der Waals surface area contributed by atoms with Gasteiger partial charge < -0.3 is 19.4 Å². The third-order valence-corrected chi connectivity index (χ3v) is 6.01. The summed E-state index contributed by atoms with van der Waals surface area (Å²) in [5.41, 5.74) is 6.96. The van der Waals surface area contributed by atoms with Crippen molar-refractivity contribution in [3.05, 3.63) is 58.8 Å². The lowest BCUT2D eigenvalue weighted by atomic mass is 9.91. The molecular formula is C24H30N2O2. The fourth-order valence-corrected chi connectivity index (χ4v) is 4.61. The third-order valence-electron chi connectivity index (χ3n) is 6.01. The predicted octanol–water partition coefficient (Wildman–Crippen LogP) is 4.71. The van der Waals surface area contributed by atoms with Gasteiger partial charge in [-0.15, -0.1) is 0 Å². The van der Waals surface area contributed by atoms with Crippen molar-refractivity contribution in [2.45, 2.75) is 38.6 Å². The lowest BCUT2D eigenvalue weighted by Crippen LogP contribution is -2.28. The standard InChI is InChI=1S/C24H30N2O2/c1-16-8-10-21-19(14-16)18-6-5-7-20(24(18)26(21)2)25-13-12-17-9-11-22(27-3)23(15-17)28-4/h8-11,14-15,20,25H,5-7,12-13H2,1-4H3. The number of ether oxygens (including phenoxy) is 2. The van der Waals surface area contributed by atoms with Crippen molar-refractivity contribution in [2.24, 2.45) is 7.05 Å². The molecule has 1 heterocycles. The highest BCUT2D eigenvalue weighted by atomic mass is 16.5. The van der Waals surface area contributed by atoms with Gasteiger partial charge in [0.25, 0.3) is 0 Å². The van der Waals surface area contributed by atoms with E-state index in [1.54, 1.807) is 14.2 Å². The minimum Gasteiger partial charge on any atom is -0.493 e. The van der Waals surface area contributed by atoms with Gasteiger partial charge in [0.15, 0.2) is 11.5 Å². The van der Waals surface area contributed by atoms with E-state index in [4.69, 9.17) is 9.47 Å². The number of aryl methyl sites for hydroxylation is 3. The van der Waals surface area contributed by atoms with Crippen LogP contribution in [0.4, 0.5) is 0 Å². The summed E-state index contributed by atoms with van der Waals surface area (Å²) in [6.07, 6.45) is 4.59. The van der Waals surface area contributed by atoms with Crippen molar-refractivity contribution < 1.29 is 9.47 Å². The second kappa shape index (κ2) is 7.88. The lowest BCUT2D eigenvalue weighted by Gasteiger charge is -2.26. The molecule has 1 aliphatic carbocycles. The number of nitrogens with one attached hydrogen (secondary N) is 1. The Morgan fingerprint density at radius 1 is 1.07 bits per heavy atom. The normalized spacial score (nSPS) is 16.2. The highest BCUT2D eigenvalue weighted by molar-refractivity contribution is 5.86. The summed E-state index contributed by atoms with van der Waals surface area (Å²) in [4.78, 5) is 0. The van der Waals surface area contributed by atoms with Crippen LogP contribution < -0.4 is 14.8 Å². The van der Waals surface area contributed by atoms with Crippen LogP contribution in [0, 0.1) is 6.92 Å². The molecule has 2 aromatic carbocycles. The first-order chi connectivity index (χ1) is 13.6. The van der Waals surface area contributed by atoms with Crippen molar-refractivity contribution in [1.29, 1.82) is 0 Å². The van der Waals surface area contributed by atoms with Gasteiger partial charge in [-0.05, 0) is 74.5 Å². The lowest BCUT2D eigenvalue weighted by molar-refractivity contribution is 0.354. The van der Waals surface area contributed by atoms with Crippen LogP contribution in [0.2, 0.25) is 0 Å². The third kappa shape index (κ3) is 3.37. The average molecular weight is 379 g/mol. The van der Waals surface area contributed by atoms with Gasteiger partial charge >= 0.3 is 0 Å². The second-order valence-corrected chi connectivity index (χ2v) is 7.78. The van der Waals surface area contributed by atoms with Gasteiger partial charge in [0.2, 0.25) is 0 Å². The molecule has 3 aromatic rings. The Morgan fingerprint density at radius 3 is 2.68 bits per heavy atom. The molecular weight excluding hydrogens is 348 g/mol. The Balaban J connectivity index is 1.51. The zero-order valence-electron chi connectivity index (χ0n) is 17.3. The molecule has 148 valence electrons. The molecule has 0 amide bonds. The van der Waals surface area contributed by atoms with Crippen molar-refractivity contribution in [3.63, 3.8) is 0 Å². The summed E-state index contributed by atoms with van der Waals surface area (Å²) >= 11 is 0. The molecule has 0 radical (unpaired) electrons. The Labute approximate surface area is 167 Å². The van der Waals surface area contributed by atoms with E-state index in [2.05, 4.69) is 54.2 Å². The fraction of sp³-hybridized carbons (Fsp3) is 0.417. The number of fused-ring (bicyclic) bond motifs is 3. The molecule has 1 aliphatic rings. The quantitative estimate of drug-likeness (QED) is 0.674. The molecule has 0 saturated carbocycles. The molecule has 1 N–H and O–H groups in total. The SMILES string of the molecule is COc1ccc(CCNC2CCCc3c2n(C)c2ccc(C)cc32)cc1OC. The number of benzene rings is 2. The zero-order chi connectivity index (χ0) is 19.7. The summed E-state index contributed by atoms with van der Waals surface area (Å²) in [6, 6.07) is 13.4. The average Bonchev–Trinajstić information content (AvgIpc) is 3.00. The van der Waals surface area contributed by atoms with E-state index in [0.717, 1.165) is 24.5 Å². The van der Waals surface area contributed by atoms with Gasteiger partial charge in [-0.2, -0.15) is 0 Å². The number of aromatic nitrogens is 1. The van der Waals surface area contributed by atoms with E-state index in [1.807, 2.05) is 6.07 Å². The van der Waals surface area contributed by atoms with Gasteiger partial charge in [0.1, 0.15) is 0 Å². The van der Waals surface area contributed by atoms with E-state index in [-0.39, 0.29) is 0 Å². The van der Waals surface area contributed by atoms with Crippen molar-refractivity contribution >= 4 is 10.9 Å². The summed E-state index contributed by atoms with van der Waals surface area (Å²) in [5.74, 6) is 1.57. The van der Waals surface area contributed by atoms with Crippen LogP contribution in [-0.2, 0) is 19.9 Å². The maximum Gasteiger partial charge on any atom is 0.160 e. The number of nitrogens with zero attached hydrogens (tertiary/aromatic N) is 1. The molecule has 1 unspecified atom stereocenters. The molecule has 28 heavy (non-hydrogen) atoms. The largest absolute Gasteiger partial charge is 0.493 e. The number of hydrogen-bond acceptors (Lipinski definition) is 3. The van der Waals surface area contributed by atoms with Crippen LogP contribution in [0.15, 0.2) is 36.4 Å². The Kier molecular flexibility index (Phi) is 5.31. The first-order valence-electron chi connectivity index (χ1n) is 10.1. The van der Waals surface area contributed by atoms with Crippen molar-refractivity contribution in [1.82, 2.24) is 9.88 Å². The van der Waals surface area contributed by atoms with Gasteiger partial charge in [-0.3, -0.25) is 0 Å². The van der Waals surface area contributed by atoms with Gasteiger partial charge in [-0.1, -0.05) is 17.7 Å². The molecule has 1 atom stereocenters. The molecule has 0 saturated heterocycles. The highest BCUT2D eigenvalue weighted by Crippen LogP contribution is 2.37. The minimum atomic E-state index is 0.418. The molecule has 4 nitrogen and oxygen atoms in total. The van der Waals surface area contributed by atoms with Gasteiger partial charge in [0, 0.05) is 29.7 Å². The summed E-state index contributed by atoms with van der Waals surface area (Å²) in [5, 5.41) is 5.25. The second-order valence-electron chi connectivity index (χ2n) is 7.78. The molecule has 0 bridgehead atoms. The molecule has 4 rings (SSSR count). The van der Waals surface area contributed by atoms with E-state index < -0.39 is 0 Å². The fourth-order valence-electron chi connectivity index (χ4n) is 4.61. The number of hydrogen-bond donors (Lipinski definition) is 1. The topological polar surface area (TPSA) is 35.4 Å². The van der Waals surface area contributed by atoms with Crippen LogP contribution in [0.5, 0.6) is 11.5 Å². The van der Waals surface area contributed by atoms with Crippen LogP contribution in [0.3, 0.4) is 0 Å². The number of methoxy groups -OCH3 is 2. The highest BCUT2D eigenvalue weighted by Gasteiger charge is 2.26. The van der Waals surface area contributed by atoms with E-state index in [9.17, 15) is 0 Å². The van der Waals surface area contributed by atoms with Gasteiger partial charge in [0.05, 0.1) is 14.2 Å². The first kappa shape index (κ1) is 18.9. The van der Waals surface area contributed by atoms with Crippen LogP contribution >= 0.6 is 0 Å². The maximum atomic E-state index is 5.43. The minimum absolute atomic E-state index is 0.418. The molecule has 0 spiro atoms. The van der Waals surface area contributed by atoms with Crippen molar-refractivity contribution in [2.75, 3.05) is 20.8 Å². The molecule has 0 aliphatic heterocycles. The smallest absolute Gasteiger partial charge is 0.160 e. The summed E-state index contributed by atoms with van der Waals surface area (Å²) in [7, 11) is 5.57. The summed E-state index contributed by atoms with van der Waals surface area (Å²) < 4.78 is 13.2. The summed E-state index contributed by atoms with van der Waals surface area (Å²) in [6.45, 7) is 3.13. The van der Waals surface area contributed by atoms with E-state index >= 15 is 0 Å².